The molecule has 2 heterocycles. The van der Waals surface area contributed by atoms with Crippen molar-refractivity contribution in [1.29, 1.82) is 0 Å². The lowest BCUT2D eigenvalue weighted by molar-refractivity contribution is 0.208. The molecule has 0 unspecified atom stereocenters. The second-order valence-electron chi connectivity index (χ2n) is 7.57. The lowest BCUT2D eigenvalue weighted by Gasteiger charge is -2.35. The third-order valence-corrected chi connectivity index (χ3v) is 5.43. The normalized spacial score (nSPS) is 13.5. The van der Waals surface area contributed by atoms with E-state index in [-0.39, 0.29) is 6.03 Å². The summed E-state index contributed by atoms with van der Waals surface area (Å²) in [6.07, 6.45) is 0. The van der Waals surface area contributed by atoms with Gasteiger partial charge in [0, 0.05) is 31.7 Å². The number of hydrogen-bond acceptors (Lipinski definition) is 6. The molecule has 0 radical (unpaired) electrons. The molecule has 1 aliphatic heterocycles. The maximum atomic E-state index is 12.7. The molecule has 2 aromatic carbocycles. The first-order valence-electron chi connectivity index (χ1n) is 11.3. The predicted molar refractivity (Wildman–Crippen MR) is 129 cm³/mol. The van der Waals surface area contributed by atoms with Crippen LogP contribution >= 0.6 is 0 Å². The zero-order valence-electron chi connectivity index (χ0n) is 19.0. The summed E-state index contributed by atoms with van der Waals surface area (Å²) in [5.41, 5.74) is 2.49. The van der Waals surface area contributed by atoms with Gasteiger partial charge in [0.1, 0.15) is 11.5 Å². The average Bonchev–Trinajstić information content (AvgIpc) is 2.86. The molecule has 0 bridgehead atoms. The molecule has 2 amide bonds. The Morgan fingerprint density at radius 2 is 1.61 bits per heavy atom. The Morgan fingerprint density at radius 1 is 0.879 bits per heavy atom. The lowest BCUT2D eigenvalue weighted by Crippen LogP contribution is -2.50. The summed E-state index contributed by atoms with van der Waals surface area (Å²) < 4.78 is 11.1. The molecule has 1 saturated heterocycles. The average molecular weight is 448 g/mol. The maximum absolute atomic E-state index is 12.7. The van der Waals surface area contributed by atoms with E-state index < -0.39 is 0 Å². The molecule has 3 aromatic rings. The van der Waals surface area contributed by atoms with E-state index in [0.717, 1.165) is 22.8 Å². The second kappa shape index (κ2) is 10.7. The Bertz CT molecular complexity index is 1050. The molecule has 0 aliphatic carbocycles. The highest BCUT2D eigenvalue weighted by molar-refractivity contribution is 5.91. The van der Waals surface area contributed by atoms with Crippen molar-refractivity contribution >= 4 is 17.5 Å². The fraction of sp³-hybridized carbons (Fsp3) is 0.320. The second-order valence-corrected chi connectivity index (χ2v) is 7.57. The summed E-state index contributed by atoms with van der Waals surface area (Å²) in [5.74, 6) is 2.33. The van der Waals surface area contributed by atoms with E-state index in [1.807, 2.05) is 74.5 Å². The maximum Gasteiger partial charge on any atom is 0.322 e. The van der Waals surface area contributed by atoms with Crippen molar-refractivity contribution in [2.45, 2.75) is 13.8 Å². The Kier molecular flexibility index (Phi) is 7.24. The van der Waals surface area contributed by atoms with Crippen molar-refractivity contribution in [2.24, 2.45) is 0 Å². The molecule has 0 saturated carbocycles. The Labute approximate surface area is 194 Å². The Morgan fingerprint density at radius 3 is 2.27 bits per heavy atom. The fourth-order valence-electron chi connectivity index (χ4n) is 3.72. The van der Waals surface area contributed by atoms with Crippen molar-refractivity contribution in [3.63, 3.8) is 0 Å². The molecule has 8 heteroatoms. The van der Waals surface area contributed by atoms with Crippen LogP contribution in [0.5, 0.6) is 11.5 Å². The number of anilines is 2. The fourth-order valence-corrected chi connectivity index (χ4v) is 3.72. The van der Waals surface area contributed by atoms with E-state index in [9.17, 15) is 4.79 Å². The van der Waals surface area contributed by atoms with Crippen LogP contribution in [0.25, 0.3) is 11.3 Å². The number of urea groups is 1. The van der Waals surface area contributed by atoms with Gasteiger partial charge in [-0.1, -0.05) is 12.1 Å². The topological polar surface area (TPSA) is 79.8 Å². The van der Waals surface area contributed by atoms with E-state index >= 15 is 0 Å². The van der Waals surface area contributed by atoms with Crippen LogP contribution in [0.4, 0.5) is 16.3 Å². The number of aromatic nitrogens is 2. The Balaban J connectivity index is 1.33. The molecule has 1 N–H and O–H groups in total. The van der Waals surface area contributed by atoms with Gasteiger partial charge in [-0.2, -0.15) is 0 Å². The Hall–Kier alpha value is -3.81. The van der Waals surface area contributed by atoms with Gasteiger partial charge in [-0.25, -0.2) is 4.79 Å². The molecule has 4 rings (SSSR count). The minimum Gasteiger partial charge on any atom is -0.494 e. The molecular weight excluding hydrogens is 418 g/mol. The first-order valence-corrected chi connectivity index (χ1v) is 11.3. The number of hydrogen-bond donors (Lipinski definition) is 1. The van der Waals surface area contributed by atoms with E-state index in [2.05, 4.69) is 20.4 Å². The number of benzene rings is 2. The van der Waals surface area contributed by atoms with Gasteiger partial charge in [0.15, 0.2) is 5.82 Å². The van der Waals surface area contributed by atoms with Gasteiger partial charge in [0.2, 0.25) is 0 Å². The number of para-hydroxylation sites is 2. The summed E-state index contributed by atoms with van der Waals surface area (Å²) in [7, 11) is 0. The molecule has 0 atom stereocenters. The minimum atomic E-state index is -0.126. The van der Waals surface area contributed by atoms with Crippen LogP contribution in [0, 0.1) is 0 Å². The van der Waals surface area contributed by atoms with Crippen molar-refractivity contribution in [2.75, 3.05) is 49.6 Å². The molecule has 1 aromatic heterocycles. The predicted octanol–water partition coefficient (Wildman–Crippen LogP) is 4.30. The van der Waals surface area contributed by atoms with Gasteiger partial charge < -0.3 is 24.6 Å². The highest BCUT2D eigenvalue weighted by atomic mass is 16.5. The van der Waals surface area contributed by atoms with Crippen molar-refractivity contribution in [3.05, 3.63) is 60.7 Å². The minimum absolute atomic E-state index is 0.126. The van der Waals surface area contributed by atoms with Crippen LogP contribution in [-0.4, -0.2) is 60.5 Å². The van der Waals surface area contributed by atoms with Crippen LogP contribution < -0.4 is 19.7 Å². The number of carbonyl (C=O) groups excluding carboxylic acids is 1. The molecule has 33 heavy (non-hydrogen) atoms. The summed E-state index contributed by atoms with van der Waals surface area (Å²) >= 11 is 0. The molecule has 1 aliphatic rings. The van der Waals surface area contributed by atoms with E-state index in [0.29, 0.717) is 50.8 Å². The van der Waals surface area contributed by atoms with Gasteiger partial charge in [0.05, 0.1) is 24.6 Å². The largest absolute Gasteiger partial charge is 0.494 e. The van der Waals surface area contributed by atoms with Crippen LogP contribution in [-0.2, 0) is 0 Å². The van der Waals surface area contributed by atoms with E-state index in [4.69, 9.17) is 9.47 Å². The SMILES string of the molecule is CCOc1ccc(-c2ccc(N3CCN(C(=O)Nc4ccccc4OCC)CC3)nn2)cc1. The molecular formula is C25H29N5O3. The van der Waals surface area contributed by atoms with Crippen molar-refractivity contribution in [3.8, 4) is 22.8 Å². The molecule has 0 spiro atoms. The quantitative estimate of drug-likeness (QED) is 0.582. The first kappa shape index (κ1) is 22.4. The third kappa shape index (κ3) is 5.52. The highest BCUT2D eigenvalue weighted by Crippen LogP contribution is 2.25. The molecule has 172 valence electrons. The summed E-state index contributed by atoms with van der Waals surface area (Å²) in [5, 5.41) is 11.8. The van der Waals surface area contributed by atoms with Crippen molar-refractivity contribution < 1.29 is 14.3 Å². The van der Waals surface area contributed by atoms with Gasteiger partial charge in [-0.05, 0) is 62.4 Å². The lowest BCUT2D eigenvalue weighted by atomic mass is 10.1. The number of piperazine rings is 1. The third-order valence-electron chi connectivity index (χ3n) is 5.43. The van der Waals surface area contributed by atoms with Gasteiger partial charge >= 0.3 is 6.03 Å². The first-order chi connectivity index (χ1) is 16.2. The summed E-state index contributed by atoms with van der Waals surface area (Å²) in [6, 6.07) is 19.1. The summed E-state index contributed by atoms with van der Waals surface area (Å²) in [6.45, 7) is 7.66. The molecule has 8 nitrogen and oxygen atoms in total. The van der Waals surface area contributed by atoms with Gasteiger partial charge in [-0.15, -0.1) is 10.2 Å². The number of carbonyl (C=O) groups is 1. The van der Waals surface area contributed by atoms with Crippen LogP contribution in [0.15, 0.2) is 60.7 Å². The van der Waals surface area contributed by atoms with Crippen LogP contribution in [0.2, 0.25) is 0 Å². The number of amides is 2. The molecule has 1 fully saturated rings. The van der Waals surface area contributed by atoms with E-state index in [1.54, 1.807) is 4.90 Å². The smallest absolute Gasteiger partial charge is 0.322 e. The standard InChI is InChI=1S/C25H29N5O3/c1-3-32-20-11-9-19(10-12-20)21-13-14-24(28-27-21)29-15-17-30(18-16-29)25(31)26-22-7-5-6-8-23(22)33-4-2/h5-14H,3-4,15-18H2,1-2H3,(H,26,31). The van der Waals surface area contributed by atoms with Gasteiger partial charge in [-0.3, -0.25) is 0 Å². The zero-order chi connectivity index (χ0) is 23.0. The van der Waals surface area contributed by atoms with Crippen LogP contribution in [0.3, 0.4) is 0 Å². The monoisotopic (exact) mass is 447 g/mol. The summed E-state index contributed by atoms with van der Waals surface area (Å²) in [4.78, 5) is 16.7. The zero-order valence-corrected chi connectivity index (χ0v) is 19.0. The number of nitrogens with one attached hydrogen (secondary N) is 1. The number of nitrogens with zero attached hydrogens (tertiary/aromatic N) is 4. The highest BCUT2D eigenvalue weighted by Gasteiger charge is 2.23. The van der Waals surface area contributed by atoms with Gasteiger partial charge in [0.25, 0.3) is 0 Å². The van der Waals surface area contributed by atoms with E-state index in [1.165, 1.54) is 0 Å². The number of rotatable bonds is 7. The number of ether oxygens (including phenoxy) is 2. The van der Waals surface area contributed by atoms with Crippen molar-refractivity contribution in [1.82, 2.24) is 15.1 Å². The van der Waals surface area contributed by atoms with Crippen LogP contribution in [0.1, 0.15) is 13.8 Å².